The van der Waals surface area contributed by atoms with Gasteiger partial charge >= 0.3 is 0 Å². The summed E-state index contributed by atoms with van der Waals surface area (Å²) in [6.07, 6.45) is 1.83. The first kappa shape index (κ1) is 13.4. The molecule has 3 heteroatoms. The fraction of sp³-hybridized carbons (Fsp3) is 0.357. The molecule has 1 aromatic carbocycles. The van der Waals surface area contributed by atoms with Gasteiger partial charge in [-0.2, -0.15) is 5.26 Å². The van der Waals surface area contributed by atoms with E-state index in [4.69, 9.17) is 10.4 Å². The summed E-state index contributed by atoms with van der Waals surface area (Å²) >= 11 is 0. The van der Waals surface area contributed by atoms with Crippen LogP contribution in [0.3, 0.4) is 0 Å². The van der Waals surface area contributed by atoms with Crippen molar-refractivity contribution in [3.63, 3.8) is 0 Å². The molecule has 0 aliphatic heterocycles. The molecule has 0 unspecified atom stereocenters. The van der Waals surface area contributed by atoms with Gasteiger partial charge in [-0.25, -0.2) is 0 Å². The molecule has 0 amide bonds. The summed E-state index contributed by atoms with van der Waals surface area (Å²) < 4.78 is 0. The molecular formula is C14H18N2O. The van der Waals surface area contributed by atoms with E-state index in [2.05, 4.69) is 17.5 Å². The molecule has 0 saturated heterocycles. The van der Waals surface area contributed by atoms with E-state index in [-0.39, 0.29) is 6.61 Å². The van der Waals surface area contributed by atoms with Crippen LogP contribution in [-0.4, -0.2) is 29.7 Å². The van der Waals surface area contributed by atoms with Crippen molar-refractivity contribution in [2.45, 2.75) is 13.5 Å². The molecule has 1 N–H and O–H groups in total. The van der Waals surface area contributed by atoms with Crippen LogP contribution in [-0.2, 0) is 6.54 Å². The quantitative estimate of drug-likeness (QED) is 0.759. The van der Waals surface area contributed by atoms with E-state index in [1.165, 1.54) is 5.56 Å². The van der Waals surface area contributed by atoms with E-state index in [1.807, 2.05) is 31.2 Å². The van der Waals surface area contributed by atoms with Gasteiger partial charge in [-0.15, -0.1) is 6.58 Å². The molecule has 0 atom stereocenters. The minimum absolute atomic E-state index is 0.142. The molecule has 3 nitrogen and oxygen atoms in total. The summed E-state index contributed by atoms with van der Waals surface area (Å²) in [7, 11) is 0. The van der Waals surface area contributed by atoms with Crippen LogP contribution in [0.4, 0.5) is 0 Å². The molecule has 0 aromatic heterocycles. The third-order valence-electron chi connectivity index (χ3n) is 2.67. The van der Waals surface area contributed by atoms with Crippen molar-refractivity contribution in [1.29, 1.82) is 5.26 Å². The van der Waals surface area contributed by atoms with Crippen LogP contribution < -0.4 is 0 Å². The Balaban J connectivity index is 2.78. The van der Waals surface area contributed by atoms with Crippen molar-refractivity contribution in [1.82, 2.24) is 4.90 Å². The molecule has 0 saturated carbocycles. The summed E-state index contributed by atoms with van der Waals surface area (Å²) in [5.74, 6) is 0. The van der Waals surface area contributed by atoms with E-state index >= 15 is 0 Å². The van der Waals surface area contributed by atoms with Crippen LogP contribution >= 0.6 is 0 Å². The standard InChI is InChI=1S/C14H18N2O/c1-3-6-16(7-8-17)11-14-5-4-13(10-15)9-12(14)2/h3-5,9,17H,1,6-8,11H2,2H3. The summed E-state index contributed by atoms with van der Waals surface area (Å²) in [4.78, 5) is 2.11. The highest BCUT2D eigenvalue weighted by atomic mass is 16.3. The number of nitrogens with zero attached hydrogens (tertiary/aromatic N) is 2. The van der Waals surface area contributed by atoms with Gasteiger partial charge in [0, 0.05) is 19.6 Å². The zero-order valence-corrected chi connectivity index (χ0v) is 10.2. The second-order valence-electron chi connectivity index (χ2n) is 4.00. The number of aliphatic hydroxyl groups is 1. The van der Waals surface area contributed by atoms with Gasteiger partial charge in [0.2, 0.25) is 0 Å². The smallest absolute Gasteiger partial charge is 0.0991 e. The van der Waals surface area contributed by atoms with E-state index in [0.29, 0.717) is 12.1 Å². The van der Waals surface area contributed by atoms with Gasteiger partial charge in [0.05, 0.1) is 18.2 Å². The third kappa shape index (κ3) is 4.03. The first-order valence-electron chi connectivity index (χ1n) is 5.65. The molecule has 0 fully saturated rings. The third-order valence-corrected chi connectivity index (χ3v) is 2.67. The Morgan fingerprint density at radius 2 is 2.29 bits per heavy atom. The average molecular weight is 230 g/mol. The maximum Gasteiger partial charge on any atom is 0.0991 e. The molecule has 0 spiro atoms. The van der Waals surface area contributed by atoms with Crippen molar-refractivity contribution in [3.05, 3.63) is 47.5 Å². The Kier molecular flexibility index (Phi) is 5.41. The van der Waals surface area contributed by atoms with Crippen molar-refractivity contribution < 1.29 is 5.11 Å². The van der Waals surface area contributed by atoms with Crippen LogP contribution in [0.1, 0.15) is 16.7 Å². The topological polar surface area (TPSA) is 47.3 Å². The predicted octanol–water partition coefficient (Wildman–Crippen LogP) is 1.85. The van der Waals surface area contributed by atoms with Gasteiger partial charge in [-0.05, 0) is 30.2 Å². The first-order valence-corrected chi connectivity index (χ1v) is 5.65. The SMILES string of the molecule is C=CCN(CCO)Cc1ccc(C#N)cc1C. The maximum absolute atomic E-state index is 8.97. The van der Waals surface area contributed by atoms with Crippen molar-refractivity contribution >= 4 is 0 Å². The molecule has 1 aromatic rings. The Hall–Kier alpha value is -1.63. The summed E-state index contributed by atoms with van der Waals surface area (Å²) in [6, 6.07) is 7.82. The fourth-order valence-corrected chi connectivity index (χ4v) is 1.74. The maximum atomic E-state index is 8.97. The Morgan fingerprint density at radius 3 is 2.82 bits per heavy atom. The van der Waals surface area contributed by atoms with Crippen LogP contribution in [0.15, 0.2) is 30.9 Å². The molecule has 0 bridgehead atoms. The number of rotatable bonds is 6. The molecular weight excluding hydrogens is 212 g/mol. The lowest BCUT2D eigenvalue weighted by atomic mass is 10.1. The highest BCUT2D eigenvalue weighted by molar-refractivity contribution is 5.37. The molecule has 0 aliphatic rings. The van der Waals surface area contributed by atoms with Gasteiger partial charge in [-0.1, -0.05) is 12.1 Å². The molecule has 0 radical (unpaired) electrons. The minimum atomic E-state index is 0.142. The normalized spacial score (nSPS) is 10.2. The van der Waals surface area contributed by atoms with Gasteiger partial charge in [0.25, 0.3) is 0 Å². The Morgan fingerprint density at radius 1 is 1.53 bits per heavy atom. The van der Waals surface area contributed by atoms with Crippen molar-refractivity contribution in [3.8, 4) is 6.07 Å². The Labute approximate surface area is 103 Å². The fourth-order valence-electron chi connectivity index (χ4n) is 1.74. The summed E-state index contributed by atoms with van der Waals surface area (Å²) in [6.45, 7) is 8.00. The minimum Gasteiger partial charge on any atom is -0.395 e. The van der Waals surface area contributed by atoms with Crippen LogP contribution in [0.2, 0.25) is 0 Å². The predicted molar refractivity (Wildman–Crippen MR) is 68.5 cm³/mol. The number of hydrogen-bond donors (Lipinski definition) is 1. The zero-order valence-electron chi connectivity index (χ0n) is 10.2. The lowest BCUT2D eigenvalue weighted by Crippen LogP contribution is -2.26. The van der Waals surface area contributed by atoms with Gasteiger partial charge in [-0.3, -0.25) is 4.90 Å². The monoisotopic (exact) mass is 230 g/mol. The van der Waals surface area contributed by atoms with Gasteiger partial charge < -0.3 is 5.11 Å². The van der Waals surface area contributed by atoms with E-state index in [1.54, 1.807) is 0 Å². The van der Waals surface area contributed by atoms with E-state index in [0.717, 1.165) is 18.7 Å². The Bertz CT molecular complexity index is 421. The zero-order chi connectivity index (χ0) is 12.7. The first-order chi connectivity index (χ1) is 8.21. The van der Waals surface area contributed by atoms with Crippen LogP contribution in [0.5, 0.6) is 0 Å². The number of benzene rings is 1. The number of hydrogen-bond acceptors (Lipinski definition) is 3. The van der Waals surface area contributed by atoms with Crippen molar-refractivity contribution in [2.75, 3.05) is 19.7 Å². The number of nitriles is 1. The van der Waals surface area contributed by atoms with Crippen LogP contribution in [0.25, 0.3) is 0 Å². The largest absolute Gasteiger partial charge is 0.395 e. The lowest BCUT2D eigenvalue weighted by Gasteiger charge is -2.20. The van der Waals surface area contributed by atoms with Crippen LogP contribution in [0, 0.1) is 18.3 Å². The molecule has 17 heavy (non-hydrogen) atoms. The van der Waals surface area contributed by atoms with Crippen molar-refractivity contribution in [2.24, 2.45) is 0 Å². The molecule has 0 aliphatic carbocycles. The van der Waals surface area contributed by atoms with Gasteiger partial charge in [0.1, 0.15) is 0 Å². The molecule has 0 heterocycles. The second kappa shape index (κ2) is 6.85. The van der Waals surface area contributed by atoms with Gasteiger partial charge in [0.15, 0.2) is 0 Å². The highest BCUT2D eigenvalue weighted by Crippen LogP contribution is 2.13. The lowest BCUT2D eigenvalue weighted by molar-refractivity contribution is 0.203. The molecule has 1 rings (SSSR count). The number of aliphatic hydroxyl groups excluding tert-OH is 1. The average Bonchev–Trinajstić information content (AvgIpc) is 2.32. The summed E-state index contributed by atoms with van der Waals surface area (Å²) in [5.41, 5.74) is 2.97. The molecule has 90 valence electrons. The highest BCUT2D eigenvalue weighted by Gasteiger charge is 2.06. The number of aryl methyl sites for hydroxylation is 1. The van der Waals surface area contributed by atoms with E-state index in [9.17, 15) is 0 Å². The summed E-state index contributed by atoms with van der Waals surface area (Å²) in [5, 5.41) is 17.8. The van der Waals surface area contributed by atoms with E-state index < -0.39 is 0 Å². The second-order valence-corrected chi connectivity index (χ2v) is 4.00.